The van der Waals surface area contributed by atoms with Crippen molar-refractivity contribution in [1.82, 2.24) is 0 Å². The van der Waals surface area contributed by atoms with Crippen LogP contribution in [0.25, 0.3) is 11.1 Å². The van der Waals surface area contributed by atoms with Gasteiger partial charge in [-0.05, 0) is 41.8 Å². The van der Waals surface area contributed by atoms with Gasteiger partial charge in [-0.1, -0.05) is 61.5 Å². The van der Waals surface area contributed by atoms with Crippen LogP contribution in [0.5, 0.6) is 5.75 Å². The molecule has 0 aliphatic carbocycles. The molecule has 3 aromatic carbocycles. The summed E-state index contributed by atoms with van der Waals surface area (Å²) in [6, 6.07) is 24.4. The van der Waals surface area contributed by atoms with Gasteiger partial charge in [-0.15, -0.1) is 0 Å². The van der Waals surface area contributed by atoms with Gasteiger partial charge in [-0.3, -0.25) is 4.79 Å². The summed E-state index contributed by atoms with van der Waals surface area (Å²) in [5, 5.41) is 2.77. The van der Waals surface area contributed by atoms with E-state index in [1.54, 1.807) is 24.3 Å². The molecule has 5 heteroatoms. The van der Waals surface area contributed by atoms with E-state index >= 15 is 0 Å². The number of carbonyl (C=O) groups excluding carboxylic acids is 2. The second-order valence-electron chi connectivity index (χ2n) is 6.43. The molecule has 5 nitrogen and oxygen atoms in total. The molecule has 0 aliphatic heterocycles. The third-order valence-corrected chi connectivity index (χ3v) is 4.49. The number of rotatable bonds is 7. The van der Waals surface area contributed by atoms with Crippen molar-refractivity contribution in [2.24, 2.45) is 0 Å². The predicted octanol–water partition coefficient (Wildman–Crippen LogP) is 4.94. The van der Waals surface area contributed by atoms with Crippen LogP contribution >= 0.6 is 0 Å². The molecule has 29 heavy (non-hydrogen) atoms. The minimum Gasteiger partial charge on any atom is -0.481 e. The summed E-state index contributed by atoms with van der Waals surface area (Å²) in [7, 11) is 1.30. The maximum absolute atomic E-state index is 12.7. The largest absolute Gasteiger partial charge is 0.481 e. The first kappa shape index (κ1) is 20.1. The van der Waals surface area contributed by atoms with Crippen LogP contribution in [0.3, 0.4) is 0 Å². The maximum atomic E-state index is 12.7. The standard InChI is InChI=1S/C24H23NO4/c1-3-22(23(26)25-21-12-8-7-11-20(21)24(27)28-2)29-19-15-13-18(14-16-19)17-9-5-4-6-10-17/h4-16,22H,3H2,1-2H3,(H,25,26). The van der Waals surface area contributed by atoms with E-state index in [4.69, 9.17) is 9.47 Å². The second kappa shape index (κ2) is 9.55. The van der Waals surface area contributed by atoms with Crippen LogP contribution in [-0.4, -0.2) is 25.1 Å². The van der Waals surface area contributed by atoms with Crippen LogP contribution in [0.2, 0.25) is 0 Å². The number of hydrogen-bond acceptors (Lipinski definition) is 4. The predicted molar refractivity (Wildman–Crippen MR) is 113 cm³/mol. The molecule has 0 saturated carbocycles. The Bertz CT molecular complexity index is 968. The topological polar surface area (TPSA) is 64.6 Å². The lowest BCUT2D eigenvalue weighted by Crippen LogP contribution is -2.32. The Morgan fingerprint density at radius 2 is 1.48 bits per heavy atom. The molecule has 1 N–H and O–H groups in total. The molecule has 0 heterocycles. The monoisotopic (exact) mass is 389 g/mol. The van der Waals surface area contributed by atoms with E-state index in [-0.39, 0.29) is 5.91 Å². The van der Waals surface area contributed by atoms with Crippen LogP contribution in [0, 0.1) is 0 Å². The highest BCUT2D eigenvalue weighted by atomic mass is 16.5. The molecule has 0 spiro atoms. The van der Waals surface area contributed by atoms with E-state index in [1.165, 1.54) is 7.11 Å². The number of esters is 1. The van der Waals surface area contributed by atoms with Gasteiger partial charge in [0, 0.05) is 0 Å². The summed E-state index contributed by atoms with van der Waals surface area (Å²) in [5.41, 5.74) is 2.88. The van der Waals surface area contributed by atoms with Gasteiger partial charge in [-0.2, -0.15) is 0 Å². The van der Waals surface area contributed by atoms with Gasteiger partial charge in [0.15, 0.2) is 6.10 Å². The molecular formula is C24H23NO4. The smallest absolute Gasteiger partial charge is 0.339 e. The highest BCUT2D eigenvalue weighted by molar-refractivity contribution is 6.02. The summed E-state index contributed by atoms with van der Waals surface area (Å²) in [6.07, 6.45) is -0.213. The van der Waals surface area contributed by atoms with E-state index in [2.05, 4.69) is 5.32 Å². The first-order chi connectivity index (χ1) is 14.1. The molecule has 0 aromatic heterocycles. The quantitative estimate of drug-likeness (QED) is 0.582. The van der Waals surface area contributed by atoms with Crippen LogP contribution in [0.1, 0.15) is 23.7 Å². The molecule has 0 bridgehead atoms. The molecule has 1 unspecified atom stereocenters. The van der Waals surface area contributed by atoms with Gasteiger partial charge in [0.1, 0.15) is 5.75 Å². The summed E-state index contributed by atoms with van der Waals surface area (Å²) >= 11 is 0. The molecule has 0 saturated heterocycles. The Balaban J connectivity index is 1.70. The van der Waals surface area contributed by atoms with Crippen LogP contribution in [0.15, 0.2) is 78.9 Å². The van der Waals surface area contributed by atoms with Gasteiger partial charge < -0.3 is 14.8 Å². The van der Waals surface area contributed by atoms with E-state index in [9.17, 15) is 9.59 Å². The van der Waals surface area contributed by atoms with Crippen LogP contribution < -0.4 is 10.1 Å². The van der Waals surface area contributed by atoms with E-state index in [0.717, 1.165) is 11.1 Å². The lowest BCUT2D eigenvalue weighted by atomic mass is 10.1. The average Bonchev–Trinajstić information content (AvgIpc) is 2.78. The highest BCUT2D eigenvalue weighted by Crippen LogP contribution is 2.23. The number of benzene rings is 3. The Morgan fingerprint density at radius 3 is 2.14 bits per heavy atom. The fourth-order valence-electron chi connectivity index (χ4n) is 2.94. The summed E-state index contributed by atoms with van der Waals surface area (Å²) < 4.78 is 10.7. The zero-order valence-corrected chi connectivity index (χ0v) is 16.4. The summed E-state index contributed by atoms with van der Waals surface area (Å²) in [4.78, 5) is 24.6. The van der Waals surface area contributed by atoms with Crippen molar-refractivity contribution >= 4 is 17.6 Å². The van der Waals surface area contributed by atoms with Gasteiger partial charge in [0.2, 0.25) is 0 Å². The lowest BCUT2D eigenvalue weighted by molar-refractivity contribution is -0.122. The number of nitrogens with one attached hydrogen (secondary N) is 1. The number of para-hydroxylation sites is 1. The summed E-state index contributed by atoms with van der Waals surface area (Å²) in [6.45, 7) is 1.87. The molecular weight excluding hydrogens is 366 g/mol. The normalized spacial score (nSPS) is 11.4. The minimum absolute atomic E-state index is 0.297. The first-order valence-corrected chi connectivity index (χ1v) is 9.42. The van der Waals surface area contributed by atoms with Crippen molar-refractivity contribution in [3.05, 3.63) is 84.4 Å². The Kier molecular flexibility index (Phi) is 6.63. The maximum Gasteiger partial charge on any atom is 0.339 e. The first-order valence-electron chi connectivity index (χ1n) is 9.42. The number of methoxy groups -OCH3 is 1. The van der Waals surface area contributed by atoms with Gasteiger partial charge in [-0.25, -0.2) is 4.79 Å². The third-order valence-electron chi connectivity index (χ3n) is 4.49. The molecule has 0 radical (unpaired) electrons. The molecule has 1 atom stereocenters. The Labute approximate surface area is 170 Å². The lowest BCUT2D eigenvalue weighted by Gasteiger charge is -2.18. The van der Waals surface area contributed by atoms with E-state index in [0.29, 0.717) is 23.4 Å². The van der Waals surface area contributed by atoms with Gasteiger partial charge >= 0.3 is 5.97 Å². The number of carbonyl (C=O) groups is 2. The van der Waals surface area contributed by atoms with Crippen molar-refractivity contribution in [3.63, 3.8) is 0 Å². The van der Waals surface area contributed by atoms with Crippen LogP contribution in [-0.2, 0) is 9.53 Å². The van der Waals surface area contributed by atoms with Gasteiger partial charge in [0.25, 0.3) is 5.91 Å². The molecule has 148 valence electrons. The Hall–Kier alpha value is -3.60. The van der Waals surface area contributed by atoms with Crippen molar-refractivity contribution in [2.45, 2.75) is 19.4 Å². The number of amides is 1. The van der Waals surface area contributed by atoms with E-state index < -0.39 is 12.1 Å². The molecule has 3 rings (SSSR count). The fraction of sp³-hybridized carbons (Fsp3) is 0.167. The van der Waals surface area contributed by atoms with Crippen LogP contribution in [0.4, 0.5) is 5.69 Å². The SMILES string of the molecule is CCC(Oc1ccc(-c2ccccc2)cc1)C(=O)Nc1ccccc1C(=O)OC. The molecule has 3 aromatic rings. The average molecular weight is 389 g/mol. The molecule has 0 fully saturated rings. The molecule has 0 aliphatic rings. The Morgan fingerprint density at radius 1 is 0.862 bits per heavy atom. The fourth-order valence-corrected chi connectivity index (χ4v) is 2.94. The number of hydrogen-bond donors (Lipinski definition) is 1. The molecule has 1 amide bonds. The van der Waals surface area contributed by atoms with E-state index in [1.807, 2.05) is 61.5 Å². The highest BCUT2D eigenvalue weighted by Gasteiger charge is 2.21. The third kappa shape index (κ3) is 5.02. The van der Waals surface area contributed by atoms with Gasteiger partial charge in [0.05, 0.1) is 18.4 Å². The zero-order valence-electron chi connectivity index (χ0n) is 16.4. The van der Waals surface area contributed by atoms with Crippen molar-refractivity contribution in [2.75, 3.05) is 12.4 Å². The minimum atomic E-state index is -0.691. The number of ether oxygens (including phenoxy) is 2. The summed E-state index contributed by atoms with van der Waals surface area (Å²) in [5.74, 6) is -0.227. The zero-order chi connectivity index (χ0) is 20.6. The second-order valence-corrected chi connectivity index (χ2v) is 6.43. The van der Waals surface area contributed by atoms with Crippen molar-refractivity contribution in [3.8, 4) is 16.9 Å². The van der Waals surface area contributed by atoms with Crippen molar-refractivity contribution < 1.29 is 19.1 Å². The van der Waals surface area contributed by atoms with Crippen molar-refractivity contribution in [1.29, 1.82) is 0 Å². The number of anilines is 1.